The van der Waals surface area contributed by atoms with Crippen LogP contribution >= 0.6 is 0 Å². The van der Waals surface area contributed by atoms with Crippen molar-refractivity contribution >= 4 is 28.1 Å². The molecule has 1 fully saturated rings. The monoisotopic (exact) mass is 280 g/mol. The predicted octanol–water partition coefficient (Wildman–Crippen LogP) is 2.15. The normalized spacial score (nSPS) is 17.3. The fourth-order valence-electron chi connectivity index (χ4n) is 2.44. The molecule has 0 aromatic heterocycles. The van der Waals surface area contributed by atoms with E-state index in [1.54, 1.807) is 12.1 Å². The smallest absolute Gasteiger partial charge is 0.237 e. The van der Waals surface area contributed by atoms with Crippen molar-refractivity contribution in [2.45, 2.75) is 25.7 Å². The fourth-order valence-corrected chi connectivity index (χ4v) is 3.78. The second-order valence-corrected chi connectivity index (χ2v) is 6.54. The van der Waals surface area contributed by atoms with Gasteiger partial charge in [-0.2, -0.15) is 0 Å². The Bertz CT molecular complexity index is 470. The number of nitrogens with two attached hydrogens (primary N) is 1. The molecule has 1 atom stereocenters. The number of carbonyl (C=O) groups excluding carboxylic acids is 1. The lowest BCUT2D eigenvalue weighted by Gasteiger charge is -2.10. The Balaban J connectivity index is 1.80. The molecule has 1 amide bonds. The number of nitrogens with one attached hydrogen (secondary N) is 1. The summed E-state index contributed by atoms with van der Waals surface area (Å²) in [4.78, 5) is 11.8. The van der Waals surface area contributed by atoms with Gasteiger partial charge in [0.25, 0.3) is 0 Å². The molecule has 0 bridgehead atoms. The Labute approximate surface area is 116 Å². The molecule has 4 nitrogen and oxygen atoms in total. The van der Waals surface area contributed by atoms with Crippen LogP contribution in [0, 0.1) is 5.92 Å². The van der Waals surface area contributed by atoms with Crippen molar-refractivity contribution in [3.63, 3.8) is 0 Å². The zero-order chi connectivity index (χ0) is 13.7. The Morgan fingerprint density at radius 3 is 2.68 bits per heavy atom. The number of para-hydroxylation sites is 2. The van der Waals surface area contributed by atoms with E-state index in [4.69, 9.17) is 5.73 Å². The molecule has 3 N–H and O–H groups in total. The number of anilines is 2. The van der Waals surface area contributed by atoms with Gasteiger partial charge in [0, 0.05) is 16.6 Å². The summed E-state index contributed by atoms with van der Waals surface area (Å²) in [5.74, 6) is 1.02. The van der Waals surface area contributed by atoms with Gasteiger partial charge in [-0.25, -0.2) is 0 Å². The Hall–Kier alpha value is -1.36. The summed E-state index contributed by atoms with van der Waals surface area (Å²) in [6.45, 7) is 0. The Morgan fingerprint density at radius 2 is 2.00 bits per heavy atom. The van der Waals surface area contributed by atoms with Crippen LogP contribution in [0.2, 0.25) is 0 Å². The summed E-state index contributed by atoms with van der Waals surface area (Å²) in [5, 5.41) is 2.71. The molecule has 1 saturated carbocycles. The van der Waals surface area contributed by atoms with Gasteiger partial charge in [-0.05, 0) is 30.9 Å². The minimum Gasteiger partial charge on any atom is -0.397 e. The third kappa shape index (κ3) is 4.35. The van der Waals surface area contributed by atoms with Gasteiger partial charge in [0.05, 0.1) is 11.4 Å². The second-order valence-electron chi connectivity index (χ2n) is 5.04. The summed E-state index contributed by atoms with van der Waals surface area (Å²) in [6.07, 6.45) is 4.77. The molecule has 1 aliphatic rings. The van der Waals surface area contributed by atoms with E-state index in [1.807, 2.05) is 12.1 Å². The molecule has 1 aromatic carbocycles. The second kappa shape index (κ2) is 6.70. The van der Waals surface area contributed by atoms with Gasteiger partial charge in [0.15, 0.2) is 0 Å². The largest absolute Gasteiger partial charge is 0.397 e. The van der Waals surface area contributed by atoms with Gasteiger partial charge in [0.1, 0.15) is 5.75 Å². The highest BCUT2D eigenvalue weighted by Crippen LogP contribution is 2.25. The van der Waals surface area contributed by atoms with Crippen molar-refractivity contribution < 1.29 is 9.00 Å². The van der Waals surface area contributed by atoms with E-state index >= 15 is 0 Å². The van der Waals surface area contributed by atoms with Crippen LogP contribution in [0.5, 0.6) is 0 Å². The summed E-state index contributed by atoms with van der Waals surface area (Å²) in [5.41, 5.74) is 6.85. The number of amides is 1. The molecule has 0 saturated heterocycles. The molecule has 104 valence electrons. The zero-order valence-electron chi connectivity index (χ0n) is 10.9. The number of rotatable bonds is 5. The SMILES string of the molecule is Nc1ccccc1NC(=O)CS(=O)CC1CCCC1. The molecule has 1 aliphatic carbocycles. The van der Waals surface area contributed by atoms with Gasteiger partial charge in [-0.15, -0.1) is 0 Å². The lowest BCUT2D eigenvalue weighted by atomic mass is 10.1. The van der Waals surface area contributed by atoms with Crippen molar-refractivity contribution in [3.8, 4) is 0 Å². The van der Waals surface area contributed by atoms with E-state index < -0.39 is 10.8 Å². The summed E-state index contributed by atoms with van der Waals surface area (Å²) in [6, 6.07) is 7.09. The van der Waals surface area contributed by atoms with Gasteiger partial charge in [-0.3, -0.25) is 9.00 Å². The van der Waals surface area contributed by atoms with E-state index in [0.29, 0.717) is 23.0 Å². The van der Waals surface area contributed by atoms with Crippen LogP contribution in [0.25, 0.3) is 0 Å². The van der Waals surface area contributed by atoms with Crippen LogP contribution in [-0.4, -0.2) is 21.6 Å². The molecule has 0 radical (unpaired) electrons. The highest BCUT2D eigenvalue weighted by molar-refractivity contribution is 7.85. The Kier molecular flexibility index (Phi) is 4.96. The van der Waals surface area contributed by atoms with Crippen LogP contribution in [0.4, 0.5) is 11.4 Å². The molecule has 1 unspecified atom stereocenters. The van der Waals surface area contributed by atoms with Crippen LogP contribution in [-0.2, 0) is 15.6 Å². The molecule has 0 heterocycles. The third-order valence-corrected chi connectivity index (χ3v) is 4.85. The molecule has 19 heavy (non-hydrogen) atoms. The first-order valence-electron chi connectivity index (χ1n) is 6.64. The predicted molar refractivity (Wildman–Crippen MR) is 79.3 cm³/mol. The maximum Gasteiger partial charge on any atom is 0.237 e. The maximum atomic E-state index is 11.9. The minimum absolute atomic E-state index is 0.0604. The quantitative estimate of drug-likeness (QED) is 0.812. The first kappa shape index (κ1) is 14.1. The molecule has 0 aliphatic heterocycles. The van der Waals surface area contributed by atoms with E-state index in [2.05, 4.69) is 5.32 Å². The van der Waals surface area contributed by atoms with E-state index in [0.717, 1.165) is 12.8 Å². The molecule has 5 heteroatoms. The van der Waals surface area contributed by atoms with Crippen molar-refractivity contribution in [1.82, 2.24) is 0 Å². The van der Waals surface area contributed by atoms with Gasteiger partial charge in [0.2, 0.25) is 5.91 Å². The zero-order valence-corrected chi connectivity index (χ0v) is 11.7. The fraction of sp³-hybridized carbons (Fsp3) is 0.500. The van der Waals surface area contributed by atoms with Gasteiger partial charge in [-0.1, -0.05) is 25.0 Å². The summed E-state index contributed by atoms with van der Waals surface area (Å²) in [7, 11) is -1.07. The molecular weight excluding hydrogens is 260 g/mol. The van der Waals surface area contributed by atoms with E-state index in [1.165, 1.54) is 12.8 Å². The highest BCUT2D eigenvalue weighted by atomic mass is 32.2. The van der Waals surface area contributed by atoms with Crippen LogP contribution in [0.3, 0.4) is 0 Å². The van der Waals surface area contributed by atoms with E-state index in [9.17, 15) is 9.00 Å². The molecule has 1 aromatic rings. The summed E-state index contributed by atoms with van der Waals surface area (Å²) < 4.78 is 11.9. The van der Waals surface area contributed by atoms with Gasteiger partial charge < -0.3 is 11.1 Å². The Morgan fingerprint density at radius 1 is 1.32 bits per heavy atom. The van der Waals surface area contributed by atoms with Gasteiger partial charge >= 0.3 is 0 Å². The van der Waals surface area contributed by atoms with Crippen molar-refractivity contribution in [3.05, 3.63) is 24.3 Å². The number of benzene rings is 1. The van der Waals surface area contributed by atoms with Crippen LogP contribution < -0.4 is 11.1 Å². The number of hydrogen-bond donors (Lipinski definition) is 2. The minimum atomic E-state index is -1.07. The number of carbonyl (C=O) groups is 1. The summed E-state index contributed by atoms with van der Waals surface area (Å²) >= 11 is 0. The average Bonchev–Trinajstić information content (AvgIpc) is 2.84. The van der Waals surface area contributed by atoms with Crippen molar-refractivity contribution in [1.29, 1.82) is 0 Å². The average molecular weight is 280 g/mol. The van der Waals surface area contributed by atoms with Crippen molar-refractivity contribution in [2.75, 3.05) is 22.6 Å². The standard InChI is InChI=1S/C14H20N2O2S/c15-12-7-3-4-8-13(12)16-14(17)10-19(18)9-11-5-1-2-6-11/h3-4,7-8,11H,1-2,5-6,9-10,15H2,(H,16,17). The molecule has 0 spiro atoms. The highest BCUT2D eigenvalue weighted by Gasteiger charge is 2.19. The van der Waals surface area contributed by atoms with Crippen LogP contribution in [0.1, 0.15) is 25.7 Å². The number of hydrogen-bond acceptors (Lipinski definition) is 3. The lowest BCUT2D eigenvalue weighted by molar-refractivity contribution is -0.113. The molecule has 2 rings (SSSR count). The van der Waals surface area contributed by atoms with Crippen LogP contribution in [0.15, 0.2) is 24.3 Å². The first-order chi connectivity index (χ1) is 9.15. The topological polar surface area (TPSA) is 72.2 Å². The van der Waals surface area contributed by atoms with E-state index in [-0.39, 0.29) is 11.7 Å². The first-order valence-corrected chi connectivity index (χ1v) is 8.13. The third-order valence-electron chi connectivity index (χ3n) is 3.42. The lowest BCUT2D eigenvalue weighted by Crippen LogP contribution is -2.23. The number of nitrogen functional groups attached to an aromatic ring is 1. The maximum absolute atomic E-state index is 11.9. The molecular formula is C14H20N2O2S. The van der Waals surface area contributed by atoms with Crippen molar-refractivity contribution in [2.24, 2.45) is 5.92 Å².